The van der Waals surface area contributed by atoms with Crippen LogP contribution in [0.2, 0.25) is 0 Å². The SMILES string of the molecule is NC(=O)c1ccc2c(c1)CCCC2NC(=O)CC1C[C@@H]2CC[C@H]1C2. The number of aryl methyl sites for hydroxylation is 1. The van der Waals surface area contributed by atoms with Crippen LogP contribution in [0.15, 0.2) is 18.2 Å². The summed E-state index contributed by atoms with van der Waals surface area (Å²) in [6.45, 7) is 0. The number of fused-ring (bicyclic) bond motifs is 3. The van der Waals surface area contributed by atoms with Crippen molar-refractivity contribution >= 4 is 11.8 Å². The second kappa shape index (κ2) is 6.23. The fraction of sp³-hybridized carbons (Fsp3) is 0.600. The minimum Gasteiger partial charge on any atom is -0.366 e. The van der Waals surface area contributed by atoms with Gasteiger partial charge in [0, 0.05) is 12.0 Å². The Morgan fingerprint density at radius 2 is 2.04 bits per heavy atom. The number of amides is 2. The van der Waals surface area contributed by atoms with Crippen molar-refractivity contribution < 1.29 is 9.59 Å². The Bertz CT molecular complexity index is 670. The summed E-state index contributed by atoms with van der Waals surface area (Å²) in [5, 5.41) is 3.26. The number of primary amides is 1. The smallest absolute Gasteiger partial charge is 0.248 e. The van der Waals surface area contributed by atoms with Crippen LogP contribution in [0.25, 0.3) is 0 Å². The molecule has 2 unspecified atom stereocenters. The van der Waals surface area contributed by atoms with Gasteiger partial charge in [-0.05, 0) is 79.5 Å². The monoisotopic (exact) mass is 326 g/mol. The van der Waals surface area contributed by atoms with E-state index in [0.717, 1.165) is 42.2 Å². The maximum Gasteiger partial charge on any atom is 0.248 e. The van der Waals surface area contributed by atoms with Gasteiger partial charge in [0.15, 0.2) is 0 Å². The topological polar surface area (TPSA) is 72.2 Å². The Morgan fingerprint density at radius 3 is 2.75 bits per heavy atom. The van der Waals surface area contributed by atoms with E-state index in [1.165, 1.54) is 25.7 Å². The van der Waals surface area contributed by atoms with Crippen LogP contribution >= 0.6 is 0 Å². The predicted molar refractivity (Wildman–Crippen MR) is 92.3 cm³/mol. The first-order chi connectivity index (χ1) is 11.6. The minimum atomic E-state index is -0.389. The molecular weight excluding hydrogens is 300 g/mol. The van der Waals surface area contributed by atoms with Crippen LogP contribution in [-0.4, -0.2) is 11.8 Å². The van der Waals surface area contributed by atoms with Crippen molar-refractivity contribution in [2.75, 3.05) is 0 Å². The molecule has 4 heteroatoms. The highest BCUT2D eigenvalue weighted by atomic mass is 16.2. The summed E-state index contributed by atoms with van der Waals surface area (Å²) in [6.07, 6.45) is 8.95. The molecular formula is C20H26N2O2. The molecule has 0 saturated heterocycles. The van der Waals surface area contributed by atoms with Gasteiger partial charge < -0.3 is 11.1 Å². The molecule has 4 rings (SSSR count). The molecule has 4 atom stereocenters. The molecule has 1 aromatic rings. The third-order valence-corrected chi connectivity index (χ3v) is 6.41. The van der Waals surface area contributed by atoms with Gasteiger partial charge in [-0.1, -0.05) is 12.5 Å². The molecule has 0 radical (unpaired) electrons. The number of benzene rings is 1. The summed E-state index contributed by atoms with van der Waals surface area (Å²) in [5.41, 5.74) is 8.25. The molecule has 128 valence electrons. The van der Waals surface area contributed by atoms with E-state index < -0.39 is 0 Å². The number of hydrogen-bond acceptors (Lipinski definition) is 2. The van der Waals surface area contributed by atoms with Crippen molar-refractivity contribution in [3.63, 3.8) is 0 Å². The third-order valence-electron chi connectivity index (χ3n) is 6.41. The van der Waals surface area contributed by atoms with Gasteiger partial charge in [-0.25, -0.2) is 0 Å². The maximum absolute atomic E-state index is 12.5. The van der Waals surface area contributed by atoms with Crippen molar-refractivity contribution in [1.29, 1.82) is 0 Å². The van der Waals surface area contributed by atoms with Gasteiger partial charge in [-0.2, -0.15) is 0 Å². The second-order valence-electron chi connectivity index (χ2n) is 7.93. The first-order valence-electron chi connectivity index (χ1n) is 9.32. The number of rotatable bonds is 4. The number of hydrogen-bond donors (Lipinski definition) is 2. The fourth-order valence-electron chi connectivity index (χ4n) is 5.24. The molecule has 0 spiro atoms. The van der Waals surface area contributed by atoms with Crippen molar-refractivity contribution in [2.45, 2.75) is 57.4 Å². The Kier molecular flexibility index (Phi) is 4.07. The van der Waals surface area contributed by atoms with Crippen molar-refractivity contribution in [3.8, 4) is 0 Å². The molecule has 4 nitrogen and oxygen atoms in total. The summed E-state index contributed by atoms with van der Waals surface area (Å²) in [6, 6.07) is 5.73. The van der Waals surface area contributed by atoms with Gasteiger partial charge in [-0.3, -0.25) is 9.59 Å². The molecule has 0 heterocycles. The predicted octanol–water partition coefficient (Wildman–Crippen LogP) is 3.11. The van der Waals surface area contributed by atoms with Crippen molar-refractivity contribution in [1.82, 2.24) is 5.32 Å². The first-order valence-corrected chi connectivity index (χ1v) is 9.32. The van der Waals surface area contributed by atoms with Gasteiger partial charge in [0.05, 0.1) is 6.04 Å². The van der Waals surface area contributed by atoms with Gasteiger partial charge in [0.1, 0.15) is 0 Å². The Labute approximate surface area is 143 Å². The molecule has 2 bridgehead atoms. The van der Waals surface area contributed by atoms with Crippen molar-refractivity contribution in [3.05, 3.63) is 34.9 Å². The molecule has 2 amide bonds. The van der Waals surface area contributed by atoms with E-state index in [4.69, 9.17) is 5.73 Å². The largest absolute Gasteiger partial charge is 0.366 e. The summed E-state index contributed by atoms with van der Waals surface area (Å²) in [4.78, 5) is 23.9. The summed E-state index contributed by atoms with van der Waals surface area (Å²) < 4.78 is 0. The standard InChI is InChI=1S/C20H26N2O2/c21-20(24)15-6-7-17-14(10-15)2-1-3-18(17)22-19(23)11-16-9-12-4-5-13(16)8-12/h6-7,10,12-13,16,18H,1-5,8-9,11H2,(H2,21,24)(H,22,23)/t12-,13+,16?,18?/m1/s1. The lowest BCUT2D eigenvalue weighted by Crippen LogP contribution is -2.33. The quantitative estimate of drug-likeness (QED) is 0.892. The average Bonchev–Trinajstić information content (AvgIpc) is 3.17. The average molecular weight is 326 g/mol. The molecule has 3 aliphatic carbocycles. The number of carbonyl (C=O) groups excluding carboxylic acids is 2. The summed E-state index contributed by atoms with van der Waals surface area (Å²) in [5.74, 6) is 2.08. The lowest BCUT2D eigenvalue weighted by atomic mass is 9.84. The Balaban J connectivity index is 1.42. The van der Waals surface area contributed by atoms with Gasteiger partial charge in [-0.15, -0.1) is 0 Å². The Hall–Kier alpha value is -1.84. The minimum absolute atomic E-state index is 0.0850. The maximum atomic E-state index is 12.5. The molecule has 0 aromatic heterocycles. The fourth-order valence-corrected chi connectivity index (χ4v) is 5.24. The number of nitrogens with two attached hydrogens (primary N) is 1. The van der Waals surface area contributed by atoms with Crippen LogP contribution in [-0.2, 0) is 11.2 Å². The molecule has 1 aromatic carbocycles. The summed E-state index contributed by atoms with van der Waals surface area (Å²) in [7, 11) is 0. The second-order valence-corrected chi connectivity index (χ2v) is 7.93. The highest BCUT2D eigenvalue weighted by molar-refractivity contribution is 5.93. The van der Waals surface area contributed by atoms with Gasteiger partial charge >= 0.3 is 0 Å². The van der Waals surface area contributed by atoms with Crippen LogP contribution in [0, 0.1) is 17.8 Å². The van der Waals surface area contributed by atoms with E-state index in [9.17, 15) is 9.59 Å². The van der Waals surface area contributed by atoms with Crippen molar-refractivity contribution in [2.24, 2.45) is 23.5 Å². The lowest BCUT2D eigenvalue weighted by Gasteiger charge is -2.28. The van der Waals surface area contributed by atoms with E-state index in [0.29, 0.717) is 17.9 Å². The van der Waals surface area contributed by atoms with E-state index >= 15 is 0 Å². The molecule has 0 aliphatic heterocycles. The van der Waals surface area contributed by atoms with E-state index in [2.05, 4.69) is 5.32 Å². The highest BCUT2D eigenvalue weighted by Crippen LogP contribution is 2.49. The van der Waals surface area contributed by atoms with E-state index in [-0.39, 0.29) is 17.9 Å². The van der Waals surface area contributed by atoms with Crippen LogP contribution in [0.4, 0.5) is 0 Å². The molecule has 3 aliphatic rings. The van der Waals surface area contributed by atoms with Crippen LogP contribution in [0.3, 0.4) is 0 Å². The molecule has 2 saturated carbocycles. The van der Waals surface area contributed by atoms with E-state index in [1.807, 2.05) is 12.1 Å². The zero-order valence-electron chi connectivity index (χ0n) is 14.1. The van der Waals surface area contributed by atoms with Gasteiger partial charge in [0.2, 0.25) is 11.8 Å². The molecule has 24 heavy (non-hydrogen) atoms. The molecule has 2 fully saturated rings. The molecule has 3 N–H and O–H groups in total. The van der Waals surface area contributed by atoms with E-state index in [1.54, 1.807) is 6.07 Å². The normalized spacial score (nSPS) is 30.8. The van der Waals surface area contributed by atoms with Gasteiger partial charge in [0.25, 0.3) is 0 Å². The Morgan fingerprint density at radius 1 is 1.17 bits per heavy atom. The number of nitrogens with one attached hydrogen (secondary N) is 1. The zero-order chi connectivity index (χ0) is 16.7. The van der Waals surface area contributed by atoms with Crippen LogP contribution < -0.4 is 11.1 Å². The van der Waals surface area contributed by atoms with Crippen LogP contribution in [0.5, 0.6) is 0 Å². The lowest BCUT2D eigenvalue weighted by molar-refractivity contribution is -0.123. The third kappa shape index (κ3) is 2.94. The summed E-state index contributed by atoms with van der Waals surface area (Å²) >= 11 is 0. The first kappa shape index (κ1) is 15.7. The highest BCUT2D eigenvalue weighted by Gasteiger charge is 2.40. The van der Waals surface area contributed by atoms with Crippen LogP contribution in [0.1, 0.15) is 72.5 Å². The number of carbonyl (C=O) groups is 2. The zero-order valence-corrected chi connectivity index (χ0v) is 14.1.